The molecule has 10 heteroatoms. The molecule has 1 fully saturated rings. The number of ether oxygens (including phenoxy) is 1. The molecule has 2 heterocycles. The second-order valence-corrected chi connectivity index (χ2v) is 7.84. The predicted octanol–water partition coefficient (Wildman–Crippen LogP) is 4.56. The average Bonchev–Trinajstić information content (AvgIpc) is 2.96. The highest BCUT2D eigenvalue weighted by Crippen LogP contribution is 2.33. The summed E-state index contributed by atoms with van der Waals surface area (Å²) in [6.45, 7) is 1.79. The number of amides is 3. The van der Waals surface area contributed by atoms with Crippen LogP contribution in [0.5, 0.6) is 5.75 Å². The zero-order valence-electron chi connectivity index (χ0n) is 18.1. The summed E-state index contributed by atoms with van der Waals surface area (Å²) in [5, 5.41) is 0.879. The van der Waals surface area contributed by atoms with Crippen molar-refractivity contribution < 1.29 is 27.5 Å². The average molecular weight is 458 g/mol. The van der Waals surface area contributed by atoms with Gasteiger partial charge in [-0.15, -0.1) is 13.2 Å². The quantitative estimate of drug-likeness (QED) is 0.525. The Bertz CT molecular complexity index is 1210. The van der Waals surface area contributed by atoms with E-state index >= 15 is 0 Å². The second kappa shape index (κ2) is 8.27. The van der Waals surface area contributed by atoms with Gasteiger partial charge in [-0.1, -0.05) is 6.07 Å². The molecule has 1 aliphatic rings. The van der Waals surface area contributed by atoms with E-state index in [0.29, 0.717) is 0 Å². The summed E-state index contributed by atoms with van der Waals surface area (Å²) >= 11 is 0. The van der Waals surface area contributed by atoms with Gasteiger partial charge in [-0.05, 0) is 55.0 Å². The van der Waals surface area contributed by atoms with Gasteiger partial charge in [0.05, 0.1) is 11.2 Å². The summed E-state index contributed by atoms with van der Waals surface area (Å²) in [6, 6.07) is 10.9. The van der Waals surface area contributed by atoms with Crippen LogP contribution >= 0.6 is 0 Å². The van der Waals surface area contributed by atoms with Gasteiger partial charge in [-0.3, -0.25) is 9.78 Å². The van der Waals surface area contributed by atoms with Gasteiger partial charge in [0.25, 0.3) is 5.91 Å². The van der Waals surface area contributed by atoms with Crippen molar-refractivity contribution in [1.29, 1.82) is 0 Å². The minimum absolute atomic E-state index is 0.168. The number of pyridine rings is 1. The Hall–Kier alpha value is -3.82. The molecule has 0 radical (unpaired) electrons. The number of fused-ring (bicyclic) bond motifs is 1. The maximum atomic E-state index is 13.2. The largest absolute Gasteiger partial charge is 0.573 e. The number of carbonyl (C=O) groups is 2. The zero-order valence-corrected chi connectivity index (χ0v) is 18.1. The molecule has 7 nitrogen and oxygen atoms in total. The zero-order chi connectivity index (χ0) is 23.9. The van der Waals surface area contributed by atoms with Crippen LogP contribution in [-0.2, 0) is 11.3 Å². The number of imide groups is 1. The third kappa shape index (κ3) is 4.28. The molecule has 2 aromatic carbocycles. The maximum absolute atomic E-state index is 13.2. The van der Waals surface area contributed by atoms with Gasteiger partial charge in [0.1, 0.15) is 11.8 Å². The SMILES string of the molecule is CC1C(=O)N(c2ccc(OC(F)(F)F)cc2)C(=O)N1Cc1ccnc2cccc(N(C)C)c12. The van der Waals surface area contributed by atoms with E-state index in [1.807, 2.05) is 43.3 Å². The van der Waals surface area contributed by atoms with E-state index < -0.39 is 30.1 Å². The topological polar surface area (TPSA) is 66.0 Å². The lowest BCUT2D eigenvalue weighted by Gasteiger charge is -2.22. The van der Waals surface area contributed by atoms with Crippen molar-refractivity contribution in [3.63, 3.8) is 0 Å². The summed E-state index contributed by atoms with van der Waals surface area (Å²) in [5.41, 5.74) is 2.69. The van der Waals surface area contributed by atoms with Crippen LogP contribution < -0.4 is 14.5 Å². The van der Waals surface area contributed by atoms with E-state index in [0.717, 1.165) is 39.2 Å². The first-order chi connectivity index (χ1) is 15.6. The van der Waals surface area contributed by atoms with Crippen LogP contribution in [0.4, 0.5) is 29.3 Å². The first-order valence-electron chi connectivity index (χ1n) is 10.1. The number of halogens is 3. The molecule has 0 aliphatic carbocycles. The summed E-state index contributed by atoms with van der Waals surface area (Å²) in [7, 11) is 3.82. The molecule has 0 spiro atoms. The van der Waals surface area contributed by atoms with E-state index in [2.05, 4.69) is 9.72 Å². The predicted molar refractivity (Wildman–Crippen MR) is 117 cm³/mol. The van der Waals surface area contributed by atoms with E-state index in [4.69, 9.17) is 0 Å². The third-order valence-corrected chi connectivity index (χ3v) is 5.46. The highest BCUT2D eigenvalue weighted by atomic mass is 19.4. The fourth-order valence-electron chi connectivity index (χ4n) is 3.89. The number of benzene rings is 2. The molecular weight excluding hydrogens is 437 g/mol. The van der Waals surface area contributed by atoms with Gasteiger partial charge < -0.3 is 14.5 Å². The van der Waals surface area contributed by atoms with Gasteiger partial charge in [-0.25, -0.2) is 9.69 Å². The smallest absolute Gasteiger partial charge is 0.406 e. The Labute approximate surface area is 188 Å². The Kier molecular flexibility index (Phi) is 5.61. The van der Waals surface area contributed by atoms with Crippen LogP contribution in [-0.4, -0.2) is 48.3 Å². The molecular formula is C23H21F3N4O3. The summed E-state index contributed by atoms with van der Waals surface area (Å²) in [4.78, 5) is 34.9. The van der Waals surface area contributed by atoms with Crippen LogP contribution in [0.15, 0.2) is 54.7 Å². The normalized spacial score (nSPS) is 16.6. The fraction of sp³-hybridized carbons (Fsp3) is 0.261. The van der Waals surface area contributed by atoms with E-state index in [-0.39, 0.29) is 12.2 Å². The number of rotatable bonds is 5. The molecule has 0 saturated carbocycles. The molecule has 4 rings (SSSR count). The van der Waals surface area contributed by atoms with Crippen LogP contribution in [0.25, 0.3) is 10.9 Å². The molecule has 1 unspecified atom stereocenters. The second-order valence-electron chi connectivity index (χ2n) is 7.84. The Morgan fingerprint density at radius 3 is 2.39 bits per heavy atom. The maximum Gasteiger partial charge on any atom is 0.573 e. The highest BCUT2D eigenvalue weighted by molar-refractivity contribution is 6.21. The number of urea groups is 1. The molecule has 1 saturated heterocycles. The van der Waals surface area contributed by atoms with Gasteiger partial charge in [-0.2, -0.15) is 0 Å². The van der Waals surface area contributed by atoms with Crippen molar-refractivity contribution in [2.75, 3.05) is 23.9 Å². The lowest BCUT2D eigenvalue weighted by atomic mass is 10.1. The summed E-state index contributed by atoms with van der Waals surface area (Å²) < 4.78 is 41.1. The molecule has 172 valence electrons. The van der Waals surface area contributed by atoms with Crippen molar-refractivity contribution in [3.05, 3.63) is 60.3 Å². The van der Waals surface area contributed by atoms with Crippen molar-refractivity contribution in [2.45, 2.75) is 25.9 Å². The number of anilines is 2. The Morgan fingerprint density at radius 2 is 1.76 bits per heavy atom. The summed E-state index contributed by atoms with van der Waals surface area (Å²) in [6.07, 6.45) is -3.17. The molecule has 33 heavy (non-hydrogen) atoms. The number of hydrogen-bond acceptors (Lipinski definition) is 5. The summed E-state index contributed by atoms with van der Waals surface area (Å²) in [5.74, 6) is -0.898. The number of nitrogens with zero attached hydrogens (tertiary/aromatic N) is 4. The standard InChI is InChI=1S/C23H21F3N4O3/c1-14-21(31)30(16-7-9-17(10-8-16)33-23(24,25)26)22(32)29(14)13-15-11-12-27-18-5-4-6-19(20(15)18)28(2)3/h4-12,14H,13H2,1-3H3. The van der Waals surface area contributed by atoms with E-state index in [1.165, 1.54) is 17.0 Å². The lowest BCUT2D eigenvalue weighted by molar-refractivity contribution is -0.274. The number of alkyl halides is 3. The van der Waals surface area contributed by atoms with Crippen molar-refractivity contribution in [2.24, 2.45) is 0 Å². The molecule has 3 aromatic rings. The van der Waals surface area contributed by atoms with Crippen molar-refractivity contribution >= 4 is 34.2 Å². The Balaban J connectivity index is 1.64. The van der Waals surface area contributed by atoms with Gasteiger partial charge >= 0.3 is 12.4 Å². The van der Waals surface area contributed by atoms with Crippen LogP contribution in [0.1, 0.15) is 12.5 Å². The Morgan fingerprint density at radius 1 is 1.06 bits per heavy atom. The third-order valence-electron chi connectivity index (χ3n) is 5.46. The number of carbonyl (C=O) groups excluding carboxylic acids is 2. The number of hydrogen-bond donors (Lipinski definition) is 0. The lowest BCUT2D eigenvalue weighted by Crippen LogP contribution is -2.33. The molecule has 1 aromatic heterocycles. The molecule has 0 bridgehead atoms. The molecule has 0 N–H and O–H groups in total. The minimum Gasteiger partial charge on any atom is -0.406 e. The van der Waals surface area contributed by atoms with Crippen LogP contribution in [0.2, 0.25) is 0 Å². The van der Waals surface area contributed by atoms with E-state index in [1.54, 1.807) is 13.1 Å². The van der Waals surface area contributed by atoms with Gasteiger partial charge in [0.15, 0.2) is 0 Å². The monoisotopic (exact) mass is 458 g/mol. The number of aromatic nitrogens is 1. The molecule has 3 amide bonds. The van der Waals surface area contributed by atoms with Crippen LogP contribution in [0.3, 0.4) is 0 Å². The minimum atomic E-state index is -4.83. The van der Waals surface area contributed by atoms with Crippen molar-refractivity contribution in [3.8, 4) is 5.75 Å². The van der Waals surface area contributed by atoms with Gasteiger partial charge in [0.2, 0.25) is 0 Å². The molecule has 1 atom stereocenters. The van der Waals surface area contributed by atoms with Gasteiger partial charge in [0, 0.05) is 37.9 Å². The molecule has 1 aliphatic heterocycles. The highest BCUT2D eigenvalue weighted by Gasteiger charge is 2.43. The first-order valence-corrected chi connectivity index (χ1v) is 10.1. The fourth-order valence-corrected chi connectivity index (χ4v) is 3.89. The van der Waals surface area contributed by atoms with Crippen LogP contribution in [0, 0.1) is 0 Å². The first kappa shape index (κ1) is 22.4. The van der Waals surface area contributed by atoms with E-state index in [9.17, 15) is 22.8 Å². The van der Waals surface area contributed by atoms with Crippen molar-refractivity contribution in [1.82, 2.24) is 9.88 Å².